The lowest BCUT2D eigenvalue weighted by molar-refractivity contribution is -0.132. The number of likely N-dealkylation sites (tertiary alicyclic amines) is 1. The second kappa shape index (κ2) is 6.37. The number of aromatic amines is 1. The van der Waals surface area contributed by atoms with Gasteiger partial charge in [0.2, 0.25) is 5.91 Å². The Kier molecular flexibility index (Phi) is 4.29. The van der Waals surface area contributed by atoms with E-state index in [2.05, 4.69) is 5.10 Å². The minimum Gasteiger partial charge on any atom is -0.343 e. The number of nitrogens with one attached hydrogen (secondary N) is 1. The highest BCUT2D eigenvalue weighted by atomic mass is 16.2. The number of fused-ring (bicyclic) bond motifs is 1. The van der Waals surface area contributed by atoms with E-state index >= 15 is 0 Å². The fourth-order valence-electron chi connectivity index (χ4n) is 2.92. The van der Waals surface area contributed by atoms with Gasteiger partial charge in [-0.1, -0.05) is 12.1 Å². The van der Waals surface area contributed by atoms with Crippen LogP contribution in [0.25, 0.3) is 10.8 Å². The zero-order valence-electron chi connectivity index (χ0n) is 12.8. The number of nitrogens with two attached hydrogens (primary N) is 1. The molecule has 0 bridgehead atoms. The van der Waals surface area contributed by atoms with Crippen molar-refractivity contribution in [1.82, 2.24) is 14.7 Å². The van der Waals surface area contributed by atoms with Crippen LogP contribution in [0, 0.1) is 0 Å². The molecule has 3 N–H and O–H groups in total. The molecule has 23 heavy (non-hydrogen) atoms. The third-order valence-corrected chi connectivity index (χ3v) is 4.33. The van der Waals surface area contributed by atoms with E-state index in [9.17, 15) is 14.4 Å². The predicted molar refractivity (Wildman–Crippen MR) is 87.2 cm³/mol. The van der Waals surface area contributed by atoms with Gasteiger partial charge in [0.05, 0.1) is 17.3 Å². The van der Waals surface area contributed by atoms with Crippen molar-refractivity contribution in [1.29, 1.82) is 0 Å². The van der Waals surface area contributed by atoms with Crippen molar-refractivity contribution in [2.24, 2.45) is 5.73 Å². The normalized spacial score (nSPS) is 16.0. The number of aryl methyl sites for hydroxylation is 1. The maximum absolute atomic E-state index is 12.4. The molecule has 0 spiro atoms. The summed E-state index contributed by atoms with van der Waals surface area (Å²) >= 11 is 0. The Labute approximate surface area is 132 Å². The molecule has 0 radical (unpaired) electrons. The summed E-state index contributed by atoms with van der Waals surface area (Å²) in [6, 6.07) is 6.83. The minimum atomic E-state index is -0.323. The van der Waals surface area contributed by atoms with Crippen molar-refractivity contribution in [3.8, 4) is 0 Å². The first-order valence-electron chi connectivity index (χ1n) is 7.81. The molecule has 1 fully saturated rings. The molecule has 0 saturated carbocycles. The van der Waals surface area contributed by atoms with E-state index in [4.69, 9.17) is 5.73 Å². The van der Waals surface area contributed by atoms with Crippen molar-refractivity contribution in [3.63, 3.8) is 0 Å². The van der Waals surface area contributed by atoms with Crippen molar-refractivity contribution in [3.05, 3.63) is 45.0 Å². The van der Waals surface area contributed by atoms with E-state index in [1.807, 2.05) is 0 Å². The molecule has 1 amide bonds. The third-order valence-electron chi connectivity index (χ3n) is 4.33. The summed E-state index contributed by atoms with van der Waals surface area (Å²) in [6.45, 7) is 1.48. The van der Waals surface area contributed by atoms with E-state index in [0.29, 0.717) is 23.9 Å². The number of hydrogen-bond donors (Lipinski definition) is 2. The zero-order valence-corrected chi connectivity index (χ0v) is 12.8. The molecule has 2 aromatic rings. The molecule has 1 aromatic carbocycles. The second-order valence-corrected chi connectivity index (χ2v) is 5.91. The largest absolute Gasteiger partial charge is 0.343 e. The van der Waals surface area contributed by atoms with Crippen LogP contribution >= 0.6 is 0 Å². The number of piperidine rings is 1. The van der Waals surface area contributed by atoms with Crippen LogP contribution in [0.3, 0.4) is 0 Å². The molecule has 2 heterocycles. The van der Waals surface area contributed by atoms with Crippen molar-refractivity contribution in [2.45, 2.75) is 31.8 Å². The fourth-order valence-corrected chi connectivity index (χ4v) is 2.92. The number of aromatic nitrogens is 2. The van der Waals surface area contributed by atoms with Crippen LogP contribution in [0.1, 0.15) is 19.3 Å². The summed E-state index contributed by atoms with van der Waals surface area (Å²) in [4.78, 5) is 38.4. The van der Waals surface area contributed by atoms with Crippen LogP contribution in [-0.4, -0.2) is 39.7 Å². The molecule has 1 aliphatic rings. The molecule has 122 valence electrons. The van der Waals surface area contributed by atoms with Crippen molar-refractivity contribution in [2.75, 3.05) is 13.1 Å². The lowest BCUT2D eigenvalue weighted by Crippen LogP contribution is -2.43. The first-order valence-corrected chi connectivity index (χ1v) is 7.81. The lowest BCUT2D eigenvalue weighted by atomic mass is 10.1. The smallest absolute Gasteiger partial charge is 0.273 e. The Balaban J connectivity index is 1.75. The molecule has 1 saturated heterocycles. The highest BCUT2D eigenvalue weighted by molar-refractivity contribution is 5.80. The number of carbonyl (C=O) groups excluding carboxylic acids is 1. The molecular formula is C16H20N4O3. The number of H-pyrrole nitrogens is 1. The minimum absolute atomic E-state index is 0.0159. The lowest BCUT2D eigenvalue weighted by Gasteiger charge is -2.30. The summed E-state index contributed by atoms with van der Waals surface area (Å²) in [5.74, 6) is -0.0159. The van der Waals surface area contributed by atoms with E-state index in [1.165, 1.54) is 4.68 Å². The molecule has 0 aliphatic carbocycles. The maximum Gasteiger partial charge on any atom is 0.273 e. The number of carbonyl (C=O) groups is 1. The Bertz CT molecular complexity index is 831. The molecule has 3 rings (SSSR count). The van der Waals surface area contributed by atoms with E-state index in [-0.39, 0.29) is 36.0 Å². The summed E-state index contributed by atoms with van der Waals surface area (Å²) < 4.78 is 1.22. The molecule has 1 aromatic heterocycles. The van der Waals surface area contributed by atoms with E-state index < -0.39 is 0 Å². The van der Waals surface area contributed by atoms with Crippen LogP contribution in [0.4, 0.5) is 0 Å². The van der Waals surface area contributed by atoms with E-state index in [0.717, 1.165) is 12.8 Å². The Morgan fingerprint density at radius 1 is 1.17 bits per heavy atom. The first kappa shape index (κ1) is 15.5. The average Bonchev–Trinajstić information content (AvgIpc) is 2.57. The SMILES string of the molecule is NC1CCN(C(=O)CCn2[nH]c(=O)c3ccccc3c2=O)CC1. The highest BCUT2D eigenvalue weighted by Gasteiger charge is 2.20. The number of nitrogens with zero attached hydrogens (tertiary/aromatic N) is 2. The Morgan fingerprint density at radius 2 is 1.83 bits per heavy atom. The summed E-state index contributed by atoms with van der Waals surface area (Å²) in [5.41, 5.74) is 5.22. The summed E-state index contributed by atoms with van der Waals surface area (Å²) in [7, 11) is 0. The van der Waals surface area contributed by atoms with Gasteiger partial charge in [-0.15, -0.1) is 0 Å². The highest BCUT2D eigenvalue weighted by Crippen LogP contribution is 2.10. The van der Waals surface area contributed by atoms with Crippen molar-refractivity contribution >= 4 is 16.7 Å². The zero-order chi connectivity index (χ0) is 16.4. The number of benzene rings is 1. The van der Waals surface area contributed by atoms with Gasteiger partial charge in [0, 0.05) is 25.6 Å². The Morgan fingerprint density at radius 3 is 2.52 bits per heavy atom. The molecule has 1 aliphatic heterocycles. The first-order chi connectivity index (χ1) is 11.1. The number of rotatable bonds is 3. The maximum atomic E-state index is 12.4. The number of hydrogen-bond acceptors (Lipinski definition) is 4. The average molecular weight is 316 g/mol. The molecule has 7 heteroatoms. The van der Waals surface area contributed by atoms with Crippen LogP contribution in [-0.2, 0) is 11.3 Å². The second-order valence-electron chi connectivity index (χ2n) is 5.91. The standard InChI is InChI=1S/C16H20N4O3/c17-11-5-8-19(9-6-11)14(21)7-10-20-16(23)13-4-2-1-3-12(13)15(22)18-20/h1-4,11H,5-10,17H2,(H,18,22). The van der Waals surface area contributed by atoms with Gasteiger partial charge in [0.1, 0.15) is 0 Å². The van der Waals surface area contributed by atoms with Crippen LogP contribution in [0.5, 0.6) is 0 Å². The monoisotopic (exact) mass is 316 g/mol. The van der Waals surface area contributed by atoms with Gasteiger partial charge in [-0.2, -0.15) is 0 Å². The molecule has 7 nitrogen and oxygen atoms in total. The van der Waals surface area contributed by atoms with Crippen LogP contribution < -0.4 is 16.9 Å². The van der Waals surface area contributed by atoms with Gasteiger partial charge in [-0.05, 0) is 25.0 Å². The van der Waals surface area contributed by atoms with Gasteiger partial charge < -0.3 is 10.6 Å². The fraction of sp³-hybridized carbons (Fsp3) is 0.438. The molecule has 0 atom stereocenters. The van der Waals surface area contributed by atoms with Gasteiger partial charge in [0.25, 0.3) is 11.1 Å². The van der Waals surface area contributed by atoms with Crippen LogP contribution in [0.15, 0.2) is 33.9 Å². The molecule has 0 unspecified atom stereocenters. The molecular weight excluding hydrogens is 296 g/mol. The quantitative estimate of drug-likeness (QED) is 0.834. The predicted octanol–water partition coefficient (Wildman–Crippen LogP) is 0.0296. The topological polar surface area (TPSA) is 101 Å². The Hall–Kier alpha value is -2.41. The van der Waals surface area contributed by atoms with Gasteiger partial charge in [0.15, 0.2) is 0 Å². The summed E-state index contributed by atoms with van der Waals surface area (Å²) in [6.07, 6.45) is 1.79. The van der Waals surface area contributed by atoms with Gasteiger partial charge in [-0.25, -0.2) is 4.68 Å². The number of amides is 1. The van der Waals surface area contributed by atoms with Gasteiger partial charge in [-0.3, -0.25) is 19.5 Å². The van der Waals surface area contributed by atoms with E-state index in [1.54, 1.807) is 29.2 Å². The van der Waals surface area contributed by atoms with Crippen LogP contribution in [0.2, 0.25) is 0 Å². The van der Waals surface area contributed by atoms with Gasteiger partial charge >= 0.3 is 0 Å². The van der Waals surface area contributed by atoms with Crippen molar-refractivity contribution < 1.29 is 4.79 Å². The summed E-state index contributed by atoms with van der Waals surface area (Å²) in [5, 5.41) is 3.28. The third kappa shape index (κ3) is 3.19.